The lowest BCUT2D eigenvalue weighted by atomic mass is 10.4. The number of anilines is 1. The molecule has 1 aromatic heterocycles. The van der Waals surface area contributed by atoms with Crippen LogP contribution in [0.25, 0.3) is 0 Å². The number of hydrogen-bond acceptors (Lipinski definition) is 4. The van der Waals surface area contributed by atoms with Crippen LogP contribution in [0.15, 0.2) is 6.33 Å². The first-order chi connectivity index (χ1) is 7.15. The molecule has 1 rings (SSSR count). The van der Waals surface area contributed by atoms with Gasteiger partial charge in [-0.1, -0.05) is 23.2 Å². The predicted molar refractivity (Wildman–Crippen MR) is 59.2 cm³/mol. The number of nitrogens with one attached hydrogen (secondary N) is 2. The lowest BCUT2D eigenvalue weighted by Crippen LogP contribution is -2.19. The third-order valence-corrected chi connectivity index (χ3v) is 2.19. The van der Waals surface area contributed by atoms with Crippen molar-refractivity contribution >= 4 is 34.8 Å². The average molecular weight is 249 g/mol. The smallest absolute Gasteiger partial charge is 0.225 e. The van der Waals surface area contributed by atoms with Gasteiger partial charge in [0, 0.05) is 13.0 Å². The molecule has 0 spiro atoms. The molecular formula is C8H10Cl2N4O. The van der Waals surface area contributed by atoms with Gasteiger partial charge in [-0.3, -0.25) is 4.79 Å². The van der Waals surface area contributed by atoms with Crippen molar-refractivity contribution in [3.63, 3.8) is 0 Å². The van der Waals surface area contributed by atoms with Crippen molar-refractivity contribution in [3.05, 3.63) is 16.6 Å². The van der Waals surface area contributed by atoms with Gasteiger partial charge in [-0.2, -0.15) is 0 Å². The Bertz CT molecular complexity index is 338. The summed E-state index contributed by atoms with van der Waals surface area (Å²) in [6.07, 6.45) is 1.56. The summed E-state index contributed by atoms with van der Waals surface area (Å²) in [5.74, 6) is -0.192. The summed E-state index contributed by atoms with van der Waals surface area (Å²) in [5.41, 5.74) is 0.252. The van der Waals surface area contributed by atoms with Crippen molar-refractivity contribution in [2.24, 2.45) is 0 Å². The summed E-state index contributed by atoms with van der Waals surface area (Å²) in [5, 5.41) is 5.67. The number of halogens is 2. The van der Waals surface area contributed by atoms with Crippen LogP contribution in [0.4, 0.5) is 5.69 Å². The van der Waals surface area contributed by atoms with E-state index in [9.17, 15) is 4.79 Å². The van der Waals surface area contributed by atoms with E-state index < -0.39 is 0 Å². The Hall–Kier alpha value is -0.910. The Morgan fingerprint density at radius 1 is 1.40 bits per heavy atom. The first kappa shape index (κ1) is 12.2. The number of carbonyl (C=O) groups excluding carboxylic acids is 1. The van der Waals surface area contributed by atoms with Crippen molar-refractivity contribution in [3.8, 4) is 0 Å². The van der Waals surface area contributed by atoms with Crippen LogP contribution >= 0.6 is 23.2 Å². The van der Waals surface area contributed by atoms with E-state index >= 15 is 0 Å². The molecule has 0 saturated heterocycles. The molecule has 0 aliphatic carbocycles. The number of carbonyl (C=O) groups is 1. The SMILES string of the molecule is CNCCC(=O)Nc1c(Cl)ncnc1Cl. The number of nitrogens with zero attached hydrogens (tertiary/aromatic N) is 2. The molecule has 0 aliphatic heterocycles. The summed E-state index contributed by atoms with van der Waals surface area (Å²) in [6, 6.07) is 0. The molecule has 0 fully saturated rings. The fourth-order valence-corrected chi connectivity index (χ4v) is 1.30. The number of amides is 1. The van der Waals surface area contributed by atoms with Gasteiger partial charge in [0.1, 0.15) is 12.0 Å². The van der Waals surface area contributed by atoms with Crippen LogP contribution in [0, 0.1) is 0 Å². The van der Waals surface area contributed by atoms with E-state index in [1.54, 1.807) is 7.05 Å². The van der Waals surface area contributed by atoms with E-state index in [0.29, 0.717) is 13.0 Å². The maximum absolute atomic E-state index is 11.4. The van der Waals surface area contributed by atoms with Gasteiger partial charge >= 0.3 is 0 Å². The van der Waals surface area contributed by atoms with E-state index in [0.717, 1.165) is 0 Å². The molecule has 82 valence electrons. The molecule has 5 nitrogen and oxygen atoms in total. The Morgan fingerprint density at radius 3 is 2.53 bits per heavy atom. The fraction of sp³-hybridized carbons (Fsp3) is 0.375. The minimum Gasteiger partial charge on any atom is -0.321 e. The zero-order valence-electron chi connectivity index (χ0n) is 8.05. The zero-order valence-corrected chi connectivity index (χ0v) is 9.56. The molecule has 1 heterocycles. The van der Waals surface area contributed by atoms with Crippen molar-refractivity contribution in [2.75, 3.05) is 18.9 Å². The molecule has 0 atom stereocenters. The van der Waals surface area contributed by atoms with Crippen LogP contribution < -0.4 is 10.6 Å². The third kappa shape index (κ3) is 3.62. The highest BCUT2D eigenvalue weighted by Gasteiger charge is 2.10. The molecule has 0 aliphatic rings. The molecule has 0 unspecified atom stereocenters. The predicted octanol–water partition coefficient (Wildman–Crippen LogP) is 1.33. The van der Waals surface area contributed by atoms with Crippen LogP contribution in [0.2, 0.25) is 10.3 Å². The van der Waals surface area contributed by atoms with Crippen LogP contribution in [0.5, 0.6) is 0 Å². The van der Waals surface area contributed by atoms with Crippen LogP contribution in [0.1, 0.15) is 6.42 Å². The number of aromatic nitrogens is 2. The highest BCUT2D eigenvalue weighted by Crippen LogP contribution is 2.25. The minimum atomic E-state index is -0.192. The molecule has 0 saturated carbocycles. The van der Waals surface area contributed by atoms with Gasteiger partial charge in [-0.25, -0.2) is 9.97 Å². The van der Waals surface area contributed by atoms with Crippen LogP contribution in [-0.4, -0.2) is 29.5 Å². The lowest BCUT2D eigenvalue weighted by molar-refractivity contribution is -0.116. The van der Waals surface area contributed by atoms with E-state index in [2.05, 4.69) is 20.6 Å². The second kappa shape index (κ2) is 5.85. The fourth-order valence-electron chi connectivity index (χ4n) is 0.888. The topological polar surface area (TPSA) is 66.9 Å². The van der Waals surface area contributed by atoms with Crippen molar-refractivity contribution in [1.82, 2.24) is 15.3 Å². The van der Waals surface area contributed by atoms with Crippen molar-refractivity contribution in [1.29, 1.82) is 0 Å². The highest BCUT2D eigenvalue weighted by atomic mass is 35.5. The normalized spacial score (nSPS) is 10.1. The molecular weight excluding hydrogens is 239 g/mol. The molecule has 0 radical (unpaired) electrons. The van der Waals surface area contributed by atoms with Gasteiger partial charge in [0.25, 0.3) is 0 Å². The standard InChI is InChI=1S/C8H10Cl2N4O/c1-11-3-2-5(15)14-6-7(9)12-4-13-8(6)10/h4,11H,2-3H2,1H3,(H,14,15). The Labute approximate surface area is 97.2 Å². The van der Waals surface area contributed by atoms with E-state index in [1.165, 1.54) is 6.33 Å². The number of hydrogen-bond donors (Lipinski definition) is 2. The highest BCUT2D eigenvalue weighted by molar-refractivity contribution is 6.38. The van der Waals surface area contributed by atoms with E-state index in [4.69, 9.17) is 23.2 Å². The van der Waals surface area contributed by atoms with E-state index in [-0.39, 0.29) is 21.9 Å². The van der Waals surface area contributed by atoms with Gasteiger partial charge in [0.2, 0.25) is 5.91 Å². The van der Waals surface area contributed by atoms with Gasteiger partial charge in [0.05, 0.1) is 0 Å². The maximum atomic E-state index is 11.4. The summed E-state index contributed by atoms with van der Waals surface area (Å²) in [6.45, 7) is 0.578. The maximum Gasteiger partial charge on any atom is 0.225 e. The van der Waals surface area contributed by atoms with Gasteiger partial charge < -0.3 is 10.6 Å². The van der Waals surface area contributed by atoms with E-state index in [1.807, 2.05) is 0 Å². The van der Waals surface area contributed by atoms with Gasteiger partial charge in [-0.15, -0.1) is 0 Å². The minimum absolute atomic E-state index is 0.132. The van der Waals surface area contributed by atoms with Crippen LogP contribution in [0.3, 0.4) is 0 Å². The monoisotopic (exact) mass is 248 g/mol. The Balaban J connectivity index is 2.68. The third-order valence-electron chi connectivity index (χ3n) is 1.62. The zero-order chi connectivity index (χ0) is 11.3. The molecule has 0 bridgehead atoms. The largest absolute Gasteiger partial charge is 0.321 e. The summed E-state index contributed by atoms with van der Waals surface area (Å²) < 4.78 is 0. The molecule has 7 heteroatoms. The quantitative estimate of drug-likeness (QED) is 0.790. The Morgan fingerprint density at radius 2 is 2.00 bits per heavy atom. The van der Waals surface area contributed by atoms with Crippen molar-refractivity contribution < 1.29 is 4.79 Å². The Kier molecular flexibility index (Phi) is 4.74. The van der Waals surface area contributed by atoms with Crippen molar-refractivity contribution in [2.45, 2.75) is 6.42 Å². The summed E-state index contributed by atoms with van der Waals surface area (Å²) in [7, 11) is 1.76. The van der Waals surface area contributed by atoms with Gasteiger partial charge in [-0.05, 0) is 7.05 Å². The van der Waals surface area contributed by atoms with Gasteiger partial charge in [0.15, 0.2) is 10.3 Å². The summed E-state index contributed by atoms with van der Waals surface area (Å²) in [4.78, 5) is 18.8. The average Bonchev–Trinajstić information content (AvgIpc) is 2.21. The molecule has 2 N–H and O–H groups in total. The first-order valence-electron chi connectivity index (χ1n) is 4.25. The summed E-state index contributed by atoms with van der Waals surface area (Å²) >= 11 is 11.5. The molecule has 0 aromatic carbocycles. The lowest BCUT2D eigenvalue weighted by Gasteiger charge is -2.06. The first-order valence-corrected chi connectivity index (χ1v) is 5.01. The number of rotatable bonds is 4. The second-order valence-electron chi connectivity index (χ2n) is 2.73. The molecule has 15 heavy (non-hydrogen) atoms. The second-order valence-corrected chi connectivity index (χ2v) is 3.45. The molecule has 1 aromatic rings. The van der Waals surface area contributed by atoms with Crippen LogP contribution in [-0.2, 0) is 4.79 Å². The molecule has 1 amide bonds.